The van der Waals surface area contributed by atoms with E-state index in [-0.39, 0.29) is 11.3 Å². The lowest BCUT2D eigenvalue weighted by molar-refractivity contribution is 0.538. The van der Waals surface area contributed by atoms with E-state index in [0.29, 0.717) is 12.3 Å². The minimum absolute atomic E-state index is 0.181. The van der Waals surface area contributed by atoms with Crippen LogP contribution in [0.5, 0.6) is 0 Å². The summed E-state index contributed by atoms with van der Waals surface area (Å²) in [6.07, 6.45) is 5.29. The van der Waals surface area contributed by atoms with Gasteiger partial charge in [-0.05, 0) is 55.7 Å². The Kier molecular flexibility index (Phi) is 3.87. The van der Waals surface area contributed by atoms with Gasteiger partial charge < -0.3 is 5.32 Å². The van der Waals surface area contributed by atoms with Crippen LogP contribution in [0.4, 0.5) is 0 Å². The summed E-state index contributed by atoms with van der Waals surface area (Å²) in [5.41, 5.74) is 4.24. The van der Waals surface area contributed by atoms with E-state index < -0.39 is 9.84 Å². The third-order valence-electron chi connectivity index (χ3n) is 4.74. The molecule has 0 bridgehead atoms. The standard InChI is InChI=1S/C16H23NO2S/c1-12(17-11-16-6-3-9-20(16,18)19)14-8-7-13-4-2-5-15(13)10-14/h7-8,10,12,16-17H,2-6,9,11H2,1H3. The highest BCUT2D eigenvalue weighted by molar-refractivity contribution is 7.92. The molecule has 3 nitrogen and oxygen atoms in total. The molecule has 1 aromatic rings. The predicted octanol–water partition coefficient (Wildman–Crippen LogP) is 2.40. The van der Waals surface area contributed by atoms with Gasteiger partial charge in [-0.15, -0.1) is 0 Å². The molecule has 2 unspecified atom stereocenters. The molecule has 2 aliphatic rings. The number of nitrogens with one attached hydrogen (secondary N) is 1. The molecule has 1 fully saturated rings. The lowest BCUT2D eigenvalue weighted by atomic mass is 10.0. The smallest absolute Gasteiger partial charge is 0.154 e. The van der Waals surface area contributed by atoms with Crippen molar-refractivity contribution >= 4 is 9.84 Å². The molecule has 1 aliphatic heterocycles. The van der Waals surface area contributed by atoms with E-state index in [4.69, 9.17) is 0 Å². The van der Waals surface area contributed by atoms with Crippen molar-refractivity contribution in [3.63, 3.8) is 0 Å². The number of fused-ring (bicyclic) bond motifs is 1. The highest BCUT2D eigenvalue weighted by Crippen LogP contribution is 2.26. The van der Waals surface area contributed by atoms with Crippen molar-refractivity contribution < 1.29 is 8.42 Å². The van der Waals surface area contributed by atoms with Crippen molar-refractivity contribution in [1.29, 1.82) is 0 Å². The van der Waals surface area contributed by atoms with Crippen LogP contribution in [0.15, 0.2) is 18.2 Å². The molecule has 0 radical (unpaired) electrons. The summed E-state index contributed by atoms with van der Waals surface area (Å²) in [7, 11) is -2.84. The first-order valence-electron chi connectivity index (χ1n) is 7.63. The summed E-state index contributed by atoms with van der Waals surface area (Å²) < 4.78 is 23.6. The van der Waals surface area contributed by atoms with Crippen LogP contribution >= 0.6 is 0 Å². The summed E-state index contributed by atoms with van der Waals surface area (Å²) in [6.45, 7) is 2.71. The number of hydrogen-bond donors (Lipinski definition) is 1. The van der Waals surface area contributed by atoms with Crippen LogP contribution in [-0.4, -0.2) is 26.0 Å². The normalized spacial score (nSPS) is 25.6. The molecule has 1 saturated heterocycles. The lowest BCUT2D eigenvalue weighted by Gasteiger charge is -2.18. The number of rotatable bonds is 4. The minimum Gasteiger partial charge on any atom is -0.309 e. The van der Waals surface area contributed by atoms with Crippen molar-refractivity contribution in [2.45, 2.75) is 50.3 Å². The van der Waals surface area contributed by atoms with Crippen molar-refractivity contribution in [2.24, 2.45) is 0 Å². The van der Waals surface area contributed by atoms with Crippen LogP contribution in [0.2, 0.25) is 0 Å². The Hall–Kier alpha value is -0.870. The van der Waals surface area contributed by atoms with Crippen molar-refractivity contribution in [2.75, 3.05) is 12.3 Å². The van der Waals surface area contributed by atoms with Crippen LogP contribution < -0.4 is 5.32 Å². The monoisotopic (exact) mass is 293 g/mol. The fraction of sp³-hybridized carbons (Fsp3) is 0.625. The molecule has 0 aromatic heterocycles. The summed E-state index contributed by atoms with van der Waals surface area (Å²) in [5, 5.41) is 3.23. The zero-order chi connectivity index (χ0) is 14.2. The quantitative estimate of drug-likeness (QED) is 0.927. The highest BCUT2D eigenvalue weighted by Gasteiger charge is 2.31. The zero-order valence-electron chi connectivity index (χ0n) is 12.1. The van der Waals surface area contributed by atoms with E-state index in [1.54, 1.807) is 0 Å². The average Bonchev–Trinajstić information content (AvgIpc) is 3.01. The molecular formula is C16H23NO2S. The van der Waals surface area contributed by atoms with Gasteiger partial charge in [0.15, 0.2) is 9.84 Å². The number of benzene rings is 1. The first kappa shape index (κ1) is 14.1. The first-order chi connectivity index (χ1) is 9.56. The highest BCUT2D eigenvalue weighted by atomic mass is 32.2. The molecule has 3 rings (SSSR count). The van der Waals surface area contributed by atoms with Crippen LogP contribution in [0, 0.1) is 0 Å². The molecule has 1 heterocycles. The van der Waals surface area contributed by atoms with E-state index in [0.717, 1.165) is 12.8 Å². The van der Waals surface area contributed by atoms with Gasteiger partial charge in [0.05, 0.1) is 11.0 Å². The predicted molar refractivity (Wildman–Crippen MR) is 81.7 cm³/mol. The molecule has 0 spiro atoms. The molecular weight excluding hydrogens is 270 g/mol. The molecule has 4 heteroatoms. The lowest BCUT2D eigenvalue weighted by Crippen LogP contribution is -2.32. The third kappa shape index (κ3) is 2.77. The Morgan fingerprint density at radius 1 is 1.25 bits per heavy atom. The van der Waals surface area contributed by atoms with Crippen molar-refractivity contribution in [3.05, 3.63) is 34.9 Å². The van der Waals surface area contributed by atoms with Crippen molar-refractivity contribution in [1.82, 2.24) is 5.32 Å². The molecule has 1 N–H and O–H groups in total. The molecule has 0 saturated carbocycles. The summed E-state index contributed by atoms with van der Waals surface area (Å²) in [4.78, 5) is 0. The van der Waals surface area contributed by atoms with E-state index in [2.05, 4.69) is 30.4 Å². The van der Waals surface area contributed by atoms with E-state index >= 15 is 0 Å². The van der Waals surface area contributed by atoms with Crippen LogP contribution in [0.1, 0.15) is 48.9 Å². The Bertz CT molecular complexity index is 594. The SMILES string of the molecule is CC(NCC1CCCS1(=O)=O)c1ccc2c(c1)CCC2. The van der Waals surface area contributed by atoms with Gasteiger partial charge in [-0.1, -0.05) is 18.2 Å². The number of sulfone groups is 1. The second-order valence-corrected chi connectivity index (χ2v) is 8.54. The number of aryl methyl sites for hydroxylation is 2. The molecule has 20 heavy (non-hydrogen) atoms. The Balaban J connectivity index is 1.63. The Labute approximate surface area is 121 Å². The first-order valence-corrected chi connectivity index (χ1v) is 9.34. The Morgan fingerprint density at radius 2 is 2.05 bits per heavy atom. The fourth-order valence-corrected chi connectivity index (χ4v) is 5.15. The maximum absolute atomic E-state index is 11.8. The van der Waals surface area contributed by atoms with Crippen LogP contribution in [-0.2, 0) is 22.7 Å². The van der Waals surface area contributed by atoms with Gasteiger partial charge in [0.25, 0.3) is 0 Å². The average molecular weight is 293 g/mol. The largest absolute Gasteiger partial charge is 0.309 e. The molecule has 1 aromatic carbocycles. The molecule has 0 amide bonds. The van der Waals surface area contributed by atoms with Gasteiger partial charge in [0.1, 0.15) is 0 Å². The van der Waals surface area contributed by atoms with Crippen LogP contribution in [0.25, 0.3) is 0 Å². The van der Waals surface area contributed by atoms with Gasteiger partial charge in [0, 0.05) is 12.6 Å². The van der Waals surface area contributed by atoms with Gasteiger partial charge >= 0.3 is 0 Å². The number of hydrogen-bond acceptors (Lipinski definition) is 3. The molecule has 2 atom stereocenters. The Morgan fingerprint density at radius 3 is 2.80 bits per heavy atom. The zero-order valence-corrected chi connectivity index (χ0v) is 12.9. The van der Waals surface area contributed by atoms with E-state index in [1.165, 1.54) is 36.0 Å². The summed E-state index contributed by atoms with van der Waals surface area (Å²) >= 11 is 0. The van der Waals surface area contributed by atoms with Crippen molar-refractivity contribution in [3.8, 4) is 0 Å². The second-order valence-electron chi connectivity index (χ2n) is 6.14. The maximum atomic E-state index is 11.8. The molecule has 1 aliphatic carbocycles. The van der Waals surface area contributed by atoms with Crippen LogP contribution in [0.3, 0.4) is 0 Å². The van der Waals surface area contributed by atoms with Gasteiger partial charge in [-0.2, -0.15) is 0 Å². The topological polar surface area (TPSA) is 46.2 Å². The van der Waals surface area contributed by atoms with Gasteiger partial charge in [-0.25, -0.2) is 8.42 Å². The van der Waals surface area contributed by atoms with Gasteiger partial charge in [0.2, 0.25) is 0 Å². The van der Waals surface area contributed by atoms with E-state index in [9.17, 15) is 8.42 Å². The minimum atomic E-state index is -2.84. The maximum Gasteiger partial charge on any atom is 0.154 e. The molecule has 110 valence electrons. The fourth-order valence-electron chi connectivity index (χ4n) is 3.37. The third-order valence-corrected chi connectivity index (χ3v) is 7.01. The summed E-state index contributed by atoms with van der Waals surface area (Å²) in [5.74, 6) is 0.368. The van der Waals surface area contributed by atoms with Gasteiger partial charge in [-0.3, -0.25) is 0 Å². The second kappa shape index (κ2) is 5.49. The summed E-state index contributed by atoms with van der Waals surface area (Å²) in [6, 6.07) is 6.94. The van der Waals surface area contributed by atoms with E-state index in [1.807, 2.05) is 0 Å².